The number of aromatic nitrogens is 1. The number of ether oxygens (including phenoxy) is 1. The number of amides is 1. The number of morpholine rings is 1. The largest absolute Gasteiger partial charge is 0.373 e. The molecule has 3 unspecified atom stereocenters. The van der Waals surface area contributed by atoms with E-state index in [0.29, 0.717) is 10.8 Å². The monoisotopic (exact) mass is 297 g/mol. The van der Waals surface area contributed by atoms with E-state index in [1.165, 1.54) is 0 Å². The molecule has 2 heterocycles. The Bertz CT molecular complexity index is 473. The molecule has 0 saturated carbocycles. The molecule has 0 aliphatic carbocycles. The van der Waals surface area contributed by atoms with Crippen LogP contribution >= 0.6 is 11.6 Å². The molecule has 0 bridgehead atoms. The number of hydrogen-bond donors (Lipinski definition) is 1. The Morgan fingerprint density at radius 3 is 2.75 bits per heavy atom. The Hall–Kier alpha value is -1.17. The fourth-order valence-corrected chi connectivity index (χ4v) is 2.58. The number of rotatable bonds is 3. The molecule has 1 N–H and O–H groups in total. The van der Waals surface area contributed by atoms with Crippen LogP contribution in [0.2, 0.25) is 5.15 Å². The Balaban J connectivity index is 2.00. The van der Waals surface area contributed by atoms with E-state index in [0.717, 1.165) is 13.1 Å². The highest BCUT2D eigenvalue weighted by Crippen LogP contribution is 2.19. The van der Waals surface area contributed by atoms with Crippen molar-refractivity contribution in [3.8, 4) is 0 Å². The first-order chi connectivity index (χ1) is 9.47. The average Bonchev–Trinajstić information content (AvgIpc) is 2.39. The molecule has 1 aromatic heterocycles. The molecule has 1 aromatic rings. The van der Waals surface area contributed by atoms with Crippen LogP contribution in [0.5, 0.6) is 0 Å². The maximum atomic E-state index is 12.3. The lowest BCUT2D eigenvalue weighted by Gasteiger charge is -2.38. The summed E-state index contributed by atoms with van der Waals surface area (Å²) in [5.74, 6) is -0.0822. The predicted octanol–water partition coefficient (Wildman–Crippen LogP) is 2.17. The lowest BCUT2D eigenvalue weighted by molar-refractivity contribution is -0.126. The molecular formula is C14H20ClN3O2. The predicted molar refractivity (Wildman–Crippen MR) is 78.9 cm³/mol. The zero-order valence-corrected chi connectivity index (χ0v) is 12.7. The quantitative estimate of drug-likeness (QED) is 0.869. The van der Waals surface area contributed by atoms with Crippen LogP contribution in [0.3, 0.4) is 0 Å². The highest BCUT2D eigenvalue weighted by atomic mass is 35.5. The van der Waals surface area contributed by atoms with Gasteiger partial charge in [0.15, 0.2) is 5.15 Å². The van der Waals surface area contributed by atoms with Crippen molar-refractivity contribution in [1.82, 2.24) is 9.88 Å². The maximum Gasteiger partial charge on any atom is 0.241 e. The maximum absolute atomic E-state index is 12.3. The molecule has 0 spiro atoms. The number of hydrogen-bond acceptors (Lipinski definition) is 4. The Morgan fingerprint density at radius 2 is 2.15 bits per heavy atom. The first-order valence-electron chi connectivity index (χ1n) is 6.78. The SMILES string of the molecule is CC1CN(C(C)C(=O)Nc2cccnc2Cl)CC(C)O1. The number of nitrogens with zero attached hydrogens (tertiary/aromatic N) is 2. The lowest BCUT2D eigenvalue weighted by Crippen LogP contribution is -2.52. The standard InChI is InChI=1S/C14H20ClN3O2/c1-9-7-18(8-10(2)20-9)11(3)14(19)17-12-5-4-6-16-13(12)15/h4-6,9-11H,7-8H2,1-3H3,(H,17,19). The van der Waals surface area contributed by atoms with Crippen molar-refractivity contribution in [3.05, 3.63) is 23.5 Å². The van der Waals surface area contributed by atoms with E-state index in [-0.39, 0.29) is 24.2 Å². The molecule has 5 nitrogen and oxygen atoms in total. The van der Waals surface area contributed by atoms with Crippen LogP contribution in [0.15, 0.2) is 18.3 Å². The van der Waals surface area contributed by atoms with Crippen molar-refractivity contribution < 1.29 is 9.53 Å². The van der Waals surface area contributed by atoms with Crippen LogP contribution in [-0.2, 0) is 9.53 Å². The number of nitrogens with one attached hydrogen (secondary N) is 1. The van der Waals surface area contributed by atoms with E-state index in [9.17, 15) is 4.79 Å². The molecular weight excluding hydrogens is 278 g/mol. The van der Waals surface area contributed by atoms with Crippen molar-refractivity contribution >= 4 is 23.2 Å². The van der Waals surface area contributed by atoms with E-state index in [1.54, 1.807) is 18.3 Å². The Kier molecular flexibility index (Phi) is 4.96. The smallest absolute Gasteiger partial charge is 0.241 e. The van der Waals surface area contributed by atoms with E-state index in [2.05, 4.69) is 15.2 Å². The first kappa shape index (κ1) is 15.2. The number of halogens is 1. The van der Waals surface area contributed by atoms with E-state index in [1.807, 2.05) is 20.8 Å². The number of carbonyl (C=O) groups is 1. The first-order valence-corrected chi connectivity index (χ1v) is 7.16. The van der Waals surface area contributed by atoms with E-state index in [4.69, 9.17) is 16.3 Å². The summed E-state index contributed by atoms with van der Waals surface area (Å²) < 4.78 is 5.68. The summed E-state index contributed by atoms with van der Waals surface area (Å²) >= 11 is 5.95. The van der Waals surface area contributed by atoms with Gasteiger partial charge in [0.2, 0.25) is 5.91 Å². The minimum Gasteiger partial charge on any atom is -0.373 e. The second-order valence-corrected chi connectivity index (χ2v) is 5.58. The van der Waals surface area contributed by atoms with Crippen LogP contribution in [0.25, 0.3) is 0 Å². The van der Waals surface area contributed by atoms with Gasteiger partial charge in [-0.1, -0.05) is 11.6 Å². The molecule has 1 saturated heterocycles. The third kappa shape index (κ3) is 3.69. The molecule has 1 aliphatic heterocycles. The van der Waals surface area contributed by atoms with Gasteiger partial charge in [-0.3, -0.25) is 9.69 Å². The van der Waals surface area contributed by atoms with Gasteiger partial charge in [0.25, 0.3) is 0 Å². The summed E-state index contributed by atoms with van der Waals surface area (Å²) in [6, 6.07) is 3.25. The Morgan fingerprint density at radius 1 is 1.50 bits per heavy atom. The van der Waals surface area contributed by atoms with Gasteiger partial charge in [0, 0.05) is 19.3 Å². The third-order valence-electron chi connectivity index (χ3n) is 3.39. The molecule has 6 heteroatoms. The van der Waals surface area contributed by atoms with Crippen LogP contribution in [-0.4, -0.2) is 47.1 Å². The van der Waals surface area contributed by atoms with Gasteiger partial charge in [0.1, 0.15) is 0 Å². The summed E-state index contributed by atoms with van der Waals surface area (Å²) in [7, 11) is 0. The molecule has 0 radical (unpaired) electrons. The topological polar surface area (TPSA) is 54.5 Å². The molecule has 2 rings (SSSR count). The van der Waals surface area contributed by atoms with Gasteiger partial charge < -0.3 is 10.1 Å². The van der Waals surface area contributed by atoms with Crippen molar-refractivity contribution in [2.75, 3.05) is 18.4 Å². The molecule has 1 amide bonds. The van der Waals surface area contributed by atoms with Gasteiger partial charge in [-0.25, -0.2) is 4.98 Å². The number of pyridine rings is 1. The van der Waals surface area contributed by atoms with Crippen LogP contribution in [0.4, 0.5) is 5.69 Å². The molecule has 1 fully saturated rings. The van der Waals surface area contributed by atoms with Gasteiger partial charge in [-0.2, -0.15) is 0 Å². The van der Waals surface area contributed by atoms with Crippen molar-refractivity contribution in [1.29, 1.82) is 0 Å². The van der Waals surface area contributed by atoms with Crippen LogP contribution < -0.4 is 5.32 Å². The van der Waals surface area contributed by atoms with Crippen molar-refractivity contribution in [3.63, 3.8) is 0 Å². The van der Waals surface area contributed by atoms with Crippen molar-refractivity contribution in [2.45, 2.75) is 39.0 Å². The summed E-state index contributed by atoms with van der Waals surface area (Å²) in [6.45, 7) is 7.43. The third-order valence-corrected chi connectivity index (χ3v) is 3.69. The molecule has 0 aromatic carbocycles. The fourth-order valence-electron chi connectivity index (χ4n) is 2.42. The fraction of sp³-hybridized carbons (Fsp3) is 0.571. The minimum atomic E-state index is -0.236. The highest BCUT2D eigenvalue weighted by Gasteiger charge is 2.29. The highest BCUT2D eigenvalue weighted by molar-refractivity contribution is 6.32. The molecule has 1 aliphatic rings. The van der Waals surface area contributed by atoms with E-state index >= 15 is 0 Å². The zero-order chi connectivity index (χ0) is 14.7. The molecule has 20 heavy (non-hydrogen) atoms. The molecule has 110 valence electrons. The van der Waals surface area contributed by atoms with Crippen LogP contribution in [0, 0.1) is 0 Å². The zero-order valence-electron chi connectivity index (χ0n) is 12.0. The van der Waals surface area contributed by atoms with Gasteiger partial charge >= 0.3 is 0 Å². The second kappa shape index (κ2) is 6.52. The summed E-state index contributed by atoms with van der Waals surface area (Å²) in [5.41, 5.74) is 0.542. The minimum absolute atomic E-state index is 0.0822. The summed E-state index contributed by atoms with van der Waals surface area (Å²) in [4.78, 5) is 18.4. The van der Waals surface area contributed by atoms with Crippen LogP contribution in [0.1, 0.15) is 20.8 Å². The molecule has 3 atom stereocenters. The van der Waals surface area contributed by atoms with E-state index < -0.39 is 0 Å². The average molecular weight is 298 g/mol. The van der Waals surface area contributed by atoms with Gasteiger partial charge in [-0.05, 0) is 32.9 Å². The Labute approximate surface area is 124 Å². The van der Waals surface area contributed by atoms with Gasteiger partial charge in [0.05, 0.1) is 23.9 Å². The number of anilines is 1. The van der Waals surface area contributed by atoms with Crippen molar-refractivity contribution in [2.24, 2.45) is 0 Å². The summed E-state index contributed by atoms with van der Waals surface area (Å²) in [6.07, 6.45) is 1.86. The number of carbonyl (C=O) groups excluding carboxylic acids is 1. The second-order valence-electron chi connectivity index (χ2n) is 5.22. The van der Waals surface area contributed by atoms with Gasteiger partial charge in [-0.15, -0.1) is 0 Å². The normalized spacial score (nSPS) is 25.2. The lowest BCUT2D eigenvalue weighted by atomic mass is 10.1. The summed E-state index contributed by atoms with van der Waals surface area (Å²) in [5, 5.41) is 3.12.